The largest absolute Gasteiger partial charge is 0.379 e. The van der Waals surface area contributed by atoms with Crippen molar-refractivity contribution in [1.29, 1.82) is 0 Å². The van der Waals surface area contributed by atoms with Crippen molar-refractivity contribution in [3.63, 3.8) is 0 Å². The molecule has 0 heterocycles. The van der Waals surface area contributed by atoms with Crippen LogP contribution in [0.2, 0.25) is 0 Å². The van der Waals surface area contributed by atoms with Crippen LogP contribution in [0.25, 0.3) is 0 Å². The van der Waals surface area contributed by atoms with E-state index in [1.165, 1.54) is 186 Å². The van der Waals surface area contributed by atoms with Crippen LogP contribution in [0.5, 0.6) is 0 Å². The van der Waals surface area contributed by atoms with E-state index in [0.29, 0.717) is 19.8 Å². The van der Waals surface area contributed by atoms with Crippen molar-refractivity contribution in [3.05, 3.63) is 0 Å². The molecule has 0 radical (unpaired) electrons. The van der Waals surface area contributed by atoms with Crippen molar-refractivity contribution < 1.29 is 22.1 Å². The van der Waals surface area contributed by atoms with Gasteiger partial charge in [0.15, 0.2) is 0 Å². The molecule has 46 heavy (non-hydrogen) atoms. The summed E-state index contributed by atoms with van der Waals surface area (Å²) in [6.45, 7) is 6.34. The lowest BCUT2D eigenvalue weighted by atomic mass is 10.0. The highest BCUT2D eigenvalue weighted by Crippen LogP contribution is 2.15. The lowest BCUT2D eigenvalue weighted by Gasteiger charge is -2.17. The maximum atomic E-state index is 11.5. The van der Waals surface area contributed by atoms with Gasteiger partial charge in [-0.25, -0.2) is 0 Å². The van der Waals surface area contributed by atoms with Crippen LogP contribution in [-0.2, 0) is 23.8 Å². The SMILES string of the molecule is CCCCCCCCCCCCCCCCCCOCC(COS(C)(=O)=O)OCCCCCCCCCCCCCCCCCC. The third-order valence-corrected chi connectivity index (χ3v) is 9.83. The number of hydrogen-bond donors (Lipinski definition) is 0. The summed E-state index contributed by atoms with van der Waals surface area (Å²) in [5, 5.41) is 0. The summed E-state index contributed by atoms with van der Waals surface area (Å²) >= 11 is 0. The second-order valence-electron chi connectivity index (χ2n) is 14.2. The van der Waals surface area contributed by atoms with Crippen LogP contribution in [0.15, 0.2) is 0 Å². The molecule has 0 aromatic carbocycles. The highest BCUT2D eigenvalue weighted by Gasteiger charge is 2.14. The van der Waals surface area contributed by atoms with Crippen molar-refractivity contribution in [2.45, 2.75) is 225 Å². The number of unbranched alkanes of at least 4 members (excludes halogenated alkanes) is 30. The van der Waals surface area contributed by atoms with Gasteiger partial charge in [0.1, 0.15) is 6.10 Å². The van der Waals surface area contributed by atoms with Gasteiger partial charge in [-0.1, -0.05) is 206 Å². The van der Waals surface area contributed by atoms with E-state index in [9.17, 15) is 8.42 Å². The van der Waals surface area contributed by atoms with Gasteiger partial charge in [0.05, 0.1) is 19.5 Å². The summed E-state index contributed by atoms with van der Waals surface area (Å²) < 4.78 is 39.9. The molecule has 0 aromatic rings. The maximum Gasteiger partial charge on any atom is 0.264 e. The van der Waals surface area contributed by atoms with E-state index in [4.69, 9.17) is 13.7 Å². The lowest BCUT2D eigenvalue weighted by molar-refractivity contribution is -0.0377. The van der Waals surface area contributed by atoms with Gasteiger partial charge in [-0.15, -0.1) is 0 Å². The predicted molar refractivity (Wildman–Crippen MR) is 200 cm³/mol. The zero-order chi connectivity index (χ0) is 33.7. The molecule has 5 nitrogen and oxygen atoms in total. The van der Waals surface area contributed by atoms with E-state index >= 15 is 0 Å². The fraction of sp³-hybridized carbons (Fsp3) is 1.00. The highest BCUT2D eigenvalue weighted by molar-refractivity contribution is 7.85. The minimum atomic E-state index is -3.48. The van der Waals surface area contributed by atoms with Crippen LogP contribution in [0.4, 0.5) is 0 Å². The fourth-order valence-corrected chi connectivity index (χ4v) is 6.61. The van der Waals surface area contributed by atoms with E-state index in [2.05, 4.69) is 13.8 Å². The molecule has 0 saturated heterocycles. The van der Waals surface area contributed by atoms with E-state index in [1.54, 1.807) is 0 Å². The molecule has 0 aromatic heterocycles. The molecule has 6 heteroatoms. The Balaban J connectivity index is 3.62. The average molecular weight is 675 g/mol. The highest BCUT2D eigenvalue weighted by atomic mass is 32.2. The van der Waals surface area contributed by atoms with Crippen molar-refractivity contribution in [2.24, 2.45) is 0 Å². The second-order valence-corrected chi connectivity index (χ2v) is 15.8. The normalized spacial score (nSPS) is 12.7. The van der Waals surface area contributed by atoms with E-state index < -0.39 is 10.1 Å². The van der Waals surface area contributed by atoms with E-state index in [1.807, 2.05) is 0 Å². The van der Waals surface area contributed by atoms with Gasteiger partial charge in [-0.05, 0) is 12.8 Å². The third kappa shape index (κ3) is 40.0. The van der Waals surface area contributed by atoms with Crippen molar-refractivity contribution in [2.75, 3.05) is 32.7 Å². The first-order valence-corrected chi connectivity index (χ1v) is 22.3. The third-order valence-electron chi connectivity index (χ3n) is 9.27. The summed E-state index contributed by atoms with van der Waals surface area (Å²) in [5.41, 5.74) is 0. The van der Waals surface area contributed by atoms with Gasteiger partial charge in [0, 0.05) is 13.2 Å². The summed E-state index contributed by atoms with van der Waals surface area (Å²) in [4.78, 5) is 0. The number of rotatable bonds is 40. The quantitative estimate of drug-likeness (QED) is 0.0478. The second kappa shape index (κ2) is 37.6. The van der Waals surface area contributed by atoms with Gasteiger partial charge < -0.3 is 9.47 Å². The Kier molecular flexibility index (Phi) is 37.5. The predicted octanol–water partition coefficient (Wildman–Crippen LogP) is 12.9. The molecule has 0 amide bonds. The van der Waals surface area contributed by atoms with Crippen LogP contribution < -0.4 is 0 Å². The van der Waals surface area contributed by atoms with Gasteiger partial charge >= 0.3 is 0 Å². The first kappa shape index (κ1) is 45.8. The molecule has 0 aliphatic rings. The maximum absolute atomic E-state index is 11.5. The van der Waals surface area contributed by atoms with Crippen molar-refractivity contribution in [1.82, 2.24) is 0 Å². The Hall–Kier alpha value is -0.170. The first-order chi connectivity index (χ1) is 22.5. The minimum Gasteiger partial charge on any atom is -0.379 e. The van der Waals surface area contributed by atoms with Crippen LogP contribution in [0, 0.1) is 0 Å². The molecule has 0 saturated carbocycles. The number of hydrogen-bond acceptors (Lipinski definition) is 5. The molecule has 0 rings (SSSR count). The van der Waals surface area contributed by atoms with Crippen LogP contribution in [0.3, 0.4) is 0 Å². The zero-order valence-electron chi connectivity index (χ0n) is 31.5. The van der Waals surface area contributed by atoms with E-state index in [0.717, 1.165) is 25.5 Å². The molecular weight excluding hydrogens is 593 g/mol. The standard InChI is InChI=1S/C40H82O5S/c1-4-6-8-10-12-14-16-18-20-22-24-26-28-30-32-34-36-43-38-40(39-45-46(3,41)42)44-37-35-33-31-29-27-25-23-21-19-17-15-13-11-9-7-5-2/h40H,4-39H2,1-3H3. The first-order valence-electron chi connectivity index (χ1n) is 20.5. The Morgan fingerprint density at radius 2 is 0.674 bits per heavy atom. The topological polar surface area (TPSA) is 61.8 Å². The van der Waals surface area contributed by atoms with Crippen molar-refractivity contribution >= 4 is 10.1 Å². The van der Waals surface area contributed by atoms with Crippen molar-refractivity contribution in [3.8, 4) is 0 Å². The molecule has 0 N–H and O–H groups in total. The summed E-state index contributed by atoms with van der Waals surface area (Å²) in [6.07, 6.45) is 44.0. The molecule has 0 aliphatic heterocycles. The van der Waals surface area contributed by atoms with Gasteiger partial charge in [0.25, 0.3) is 10.1 Å². The molecule has 1 atom stereocenters. The minimum absolute atomic E-state index is 0.0383. The summed E-state index contributed by atoms with van der Waals surface area (Å²) in [5.74, 6) is 0. The fourth-order valence-electron chi connectivity index (χ4n) is 6.21. The summed E-state index contributed by atoms with van der Waals surface area (Å²) in [7, 11) is -3.48. The summed E-state index contributed by atoms with van der Waals surface area (Å²) in [6, 6.07) is 0. The van der Waals surface area contributed by atoms with Gasteiger partial charge in [-0.2, -0.15) is 8.42 Å². The van der Waals surface area contributed by atoms with Crippen LogP contribution >= 0.6 is 0 Å². The molecule has 0 fully saturated rings. The molecular formula is C40H82O5S. The lowest BCUT2D eigenvalue weighted by Crippen LogP contribution is -2.27. The number of ether oxygens (including phenoxy) is 2. The smallest absolute Gasteiger partial charge is 0.264 e. The van der Waals surface area contributed by atoms with Crippen LogP contribution in [0.1, 0.15) is 219 Å². The van der Waals surface area contributed by atoms with Gasteiger partial charge in [0.2, 0.25) is 0 Å². The monoisotopic (exact) mass is 675 g/mol. The molecule has 0 spiro atoms. The Bertz CT molecular complexity index is 669. The molecule has 1 unspecified atom stereocenters. The van der Waals surface area contributed by atoms with E-state index in [-0.39, 0.29) is 12.7 Å². The van der Waals surface area contributed by atoms with Crippen LogP contribution in [-0.4, -0.2) is 47.2 Å². The molecule has 0 bridgehead atoms. The Morgan fingerprint density at radius 1 is 0.391 bits per heavy atom. The average Bonchev–Trinajstić information content (AvgIpc) is 3.03. The zero-order valence-corrected chi connectivity index (χ0v) is 32.3. The Labute approximate surface area is 289 Å². The Morgan fingerprint density at radius 3 is 0.978 bits per heavy atom. The van der Waals surface area contributed by atoms with Gasteiger partial charge in [-0.3, -0.25) is 4.18 Å². The molecule has 0 aliphatic carbocycles. The molecule has 278 valence electrons.